The fourth-order valence-electron chi connectivity index (χ4n) is 5.31. The summed E-state index contributed by atoms with van der Waals surface area (Å²) in [5.74, 6) is 0.372. The van der Waals surface area contributed by atoms with Crippen molar-refractivity contribution < 1.29 is 18.3 Å². The number of carbonyl (C=O) groups excluding carboxylic acids is 1. The van der Waals surface area contributed by atoms with Crippen molar-refractivity contribution >= 4 is 22.6 Å². The first-order valence-corrected chi connectivity index (χ1v) is 10.4. The predicted octanol–water partition coefficient (Wildman–Crippen LogP) is 3.71. The minimum Gasteiger partial charge on any atom is -0.384 e. The van der Waals surface area contributed by atoms with Crippen LogP contribution >= 0.6 is 0 Å². The van der Waals surface area contributed by atoms with Crippen LogP contribution in [-0.4, -0.2) is 48.2 Å². The van der Waals surface area contributed by atoms with Crippen molar-refractivity contribution in [3.8, 4) is 0 Å². The lowest BCUT2D eigenvalue weighted by Crippen LogP contribution is -2.75. The molecule has 1 aromatic heterocycles. The molecule has 0 spiro atoms. The highest BCUT2D eigenvalue weighted by atomic mass is 19.3. The van der Waals surface area contributed by atoms with Crippen molar-refractivity contribution in [2.75, 3.05) is 25.2 Å². The van der Waals surface area contributed by atoms with Crippen molar-refractivity contribution in [3.63, 3.8) is 0 Å². The number of ether oxygens (including phenoxy) is 1. The van der Waals surface area contributed by atoms with E-state index < -0.39 is 12.2 Å². The molecule has 2 aliphatic rings. The van der Waals surface area contributed by atoms with Crippen LogP contribution < -0.4 is 10.2 Å². The van der Waals surface area contributed by atoms with Gasteiger partial charge in [0, 0.05) is 48.9 Å². The highest BCUT2D eigenvalue weighted by Gasteiger charge is 2.60. The number of aromatic nitrogens is 2. The van der Waals surface area contributed by atoms with E-state index in [2.05, 4.69) is 34.0 Å². The quantitative estimate of drug-likeness (QED) is 0.775. The van der Waals surface area contributed by atoms with E-state index in [4.69, 9.17) is 4.74 Å². The summed E-state index contributed by atoms with van der Waals surface area (Å²) in [4.78, 5) is 22.8. The van der Waals surface area contributed by atoms with Gasteiger partial charge in [-0.25, -0.2) is 18.7 Å². The Morgan fingerprint density at radius 1 is 1.33 bits per heavy atom. The van der Waals surface area contributed by atoms with Gasteiger partial charge in [0.25, 0.3) is 6.43 Å². The molecule has 3 unspecified atom stereocenters. The van der Waals surface area contributed by atoms with Gasteiger partial charge in [-0.2, -0.15) is 0 Å². The number of nitrogens with one attached hydrogen (secondary N) is 1. The summed E-state index contributed by atoms with van der Waals surface area (Å²) in [5, 5.41) is 3.96. The van der Waals surface area contributed by atoms with Crippen molar-refractivity contribution in [3.05, 3.63) is 30.1 Å². The van der Waals surface area contributed by atoms with Crippen LogP contribution in [0, 0.1) is 11.3 Å². The Labute approximate surface area is 175 Å². The number of rotatable bonds is 6. The monoisotopic (exact) mass is 418 g/mol. The van der Waals surface area contributed by atoms with Crippen LogP contribution in [0.3, 0.4) is 0 Å². The molecule has 1 aliphatic heterocycles. The zero-order chi connectivity index (χ0) is 21.5. The van der Waals surface area contributed by atoms with Gasteiger partial charge in [-0.1, -0.05) is 26.0 Å². The molecule has 2 heterocycles. The van der Waals surface area contributed by atoms with Gasteiger partial charge in [-0.05, 0) is 25.0 Å². The van der Waals surface area contributed by atoms with Crippen molar-refractivity contribution in [2.45, 2.75) is 51.6 Å². The Morgan fingerprint density at radius 3 is 2.83 bits per heavy atom. The normalized spacial score (nSPS) is 25.1. The first kappa shape index (κ1) is 20.9. The van der Waals surface area contributed by atoms with Gasteiger partial charge in [0.05, 0.1) is 12.1 Å². The van der Waals surface area contributed by atoms with Gasteiger partial charge in [-0.15, -0.1) is 0 Å². The number of nitrogens with zero attached hydrogens (tertiary/aromatic N) is 3. The average molecular weight is 418 g/mol. The number of piperidine rings is 1. The molecule has 1 saturated heterocycles. The van der Waals surface area contributed by atoms with Crippen LogP contribution in [0.1, 0.15) is 45.4 Å². The second-order valence-corrected chi connectivity index (χ2v) is 8.78. The molecule has 6 nitrogen and oxygen atoms in total. The van der Waals surface area contributed by atoms with Gasteiger partial charge in [0.15, 0.2) is 5.82 Å². The average Bonchev–Trinajstić information content (AvgIpc) is 2.74. The molecule has 3 atom stereocenters. The lowest BCUT2D eigenvalue weighted by molar-refractivity contribution is -0.128. The molecule has 1 amide bonds. The number of benzene rings is 1. The van der Waals surface area contributed by atoms with E-state index in [1.54, 1.807) is 19.2 Å². The van der Waals surface area contributed by atoms with E-state index in [1.165, 1.54) is 0 Å². The van der Waals surface area contributed by atoms with Gasteiger partial charge >= 0.3 is 0 Å². The Balaban J connectivity index is 1.66. The Morgan fingerprint density at radius 2 is 2.10 bits per heavy atom. The molecular formula is C22H28F2N4O2. The van der Waals surface area contributed by atoms with Crippen molar-refractivity contribution in [2.24, 2.45) is 11.3 Å². The molecule has 2 aromatic rings. The molecule has 1 saturated carbocycles. The number of hydrogen-bond acceptors (Lipinski definition) is 5. The number of anilines is 1. The van der Waals surface area contributed by atoms with Gasteiger partial charge in [0.1, 0.15) is 5.82 Å². The highest BCUT2D eigenvalue weighted by Crippen LogP contribution is 2.53. The number of hydrogen-bond donors (Lipinski definition) is 1. The molecule has 4 rings (SSSR count). The van der Waals surface area contributed by atoms with Crippen LogP contribution in [-0.2, 0) is 9.53 Å². The van der Waals surface area contributed by atoms with E-state index in [0.717, 1.165) is 24.8 Å². The molecular weight excluding hydrogens is 390 g/mol. The molecule has 1 N–H and O–H groups in total. The van der Waals surface area contributed by atoms with Crippen LogP contribution in [0.15, 0.2) is 24.3 Å². The third-order valence-corrected chi connectivity index (χ3v) is 6.59. The SMILES string of the molecule is COCCC(=O)NC1C2CCCN(c3nc(C(F)F)nc4ccccc34)C2C1(C)C. The summed E-state index contributed by atoms with van der Waals surface area (Å²) in [6.45, 7) is 5.40. The molecule has 162 valence electrons. The number of halogens is 2. The third kappa shape index (κ3) is 3.51. The topological polar surface area (TPSA) is 67.3 Å². The first-order valence-electron chi connectivity index (χ1n) is 10.4. The standard InChI is InChI=1S/C22H28F2N4O2/c1-22(2)17(26-16(29)10-12-30-3)14-8-6-11-28(18(14)22)21-13-7-4-5-9-15(13)25-20(27-21)19(23)24/h4-5,7,9,14,17-19H,6,8,10-12H2,1-3H3,(H,26,29). The maximum Gasteiger partial charge on any atom is 0.297 e. The maximum atomic E-state index is 13.5. The maximum absolute atomic E-state index is 13.5. The Kier molecular flexibility index (Phi) is 5.61. The van der Waals surface area contributed by atoms with E-state index in [9.17, 15) is 13.6 Å². The lowest BCUT2D eigenvalue weighted by Gasteiger charge is -2.64. The minimum absolute atomic E-state index is 0.0158. The highest BCUT2D eigenvalue weighted by molar-refractivity contribution is 5.90. The molecule has 1 aliphatic carbocycles. The van der Waals surface area contributed by atoms with E-state index in [1.807, 2.05) is 12.1 Å². The summed E-state index contributed by atoms with van der Waals surface area (Å²) in [6.07, 6.45) is -0.483. The van der Waals surface area contributed by atoms with Crippen LogP contribution in [0.25, 0.3) is 10.9 Å². The molecule has 0 radical (unpaired) electrons. The smallest absolute Gasteiger partial charge is 0.297 e. The molecule has 2 fully saturated rings. The van der Waals surface area contributed by atoms with E-state index in [-0.39, 0.29) is 29.3 Å². The van der Waals surface area contributed by atoms with Gasteiger partial charge in [-0.3, -0.25) is 4.79 Å². The third-order valence-electron chi connectivity index (χ3n) is 6.59. The number of methoxy groups -OCH3 is 1. The summed E-state index contributed by atoms with van der Waals surface area (Å²) < 4.78 is 32.0. The number of alkyl halides is 2. The zero-order valence-corrected chi connectivity index (χ0v) is 17.6. The second kappa shape index (κ2) is 8.06. The van der Waals surface area contributed by atoms with Crippen LogP contribution in [0.2, 0.25) is 0 Å². The number of para-hydroxylation sites is 1. The number of carbonyl (C=O) groups is 1. The summed E-state index contributed by atoms with van der Waals surface area (Å²) in [7, 11) is 1.58. The Hall–Kier alpha value is -2.35. The van der Waals surface area contributed by atoms with Crippen LogP contribution in [0.5, 0.6) is 0 Å². The lowest BCUT2D eigenvalue weighted by atomic mass is 9.52. The molecule has 8 heteroatoms. The number of fused-ring (bicyclic) bond motifs is 2. The minimum atomic E-state index is -2.73. The van der Waals surface area contributed by atoms with Gasteiger partial charge in [0.2, 0.25) is 5.91 Å². The zero-order valence-electron chi connectivity index (χ0n) is 17.6. The van der Waals surface area contributed by atoms with Gasteiger partial charge < -0.3 is 15.0 Å². The first-order chi connectivity index (χ1) is 14.3. The van der Waals surface area contributed by atoms with E-state index >= 15 is 0 Å². The second-order valence-electron chi connectivity index (χ2n) is 8.78. The molecule has 1 aromatic carbocycles. The summed E-state index contributed by atoms with van der Waals surface area (Å²) >= 11 is 0. The summed E-state index contributed by atoms with van der Waals surface area (Å²) in [6, 6.07) is 7.47. The predicted molar refractivity (Wildman–Crippen MR) is 111 cm³/mol. The largest absolute Gasteiger partial charge is 0.384 e. The fraction of sp³-hybridized carbons (Fsp3) is 0.591. The van der Waals surface area contributed by atoms with E-state index in [0.29, 0.717) is 24.4 Å². The van der Waals surface area contributed by atoms with Crippen LogP contribution in [0.4, 0.5) is 14.6 Å². The molecule has 0 bridgehead atoms. The number of amides is 1. The van der Waals surface area contributed by atoms with Crippen molar-refractivity contribution in [1.82, 2.24) is 15.3 Å². The van der Waals surface area contributed by atoms with Crippen molar-refractivity contribution in [1.29, 1.82) is 0 Å². The summed E-state index contributed by atoms with van der Waals surface area (Å²) in [5.41, 5.74) is 0.312. The Bertz CT molecular complexity index is 936. The molecule has 30 heavy (non-hydrogen) atoms. The fourth-order valence-corrected chi connectivity index (χ4v) is 5.31.